The van der Waals surface area contributed by atoms with E-state index in [9.17, 15) is 8.42 Å². The highest BCUT2D eigenvalue weighted by Crippen LogP contribution is 2.37. The Morgan fingerprint density at radius 1 is 1.32 bits per heavy atom. The van der Waals surface area contributed by atoms with Crippen molar-refractivity contribution < 1.29 is 12.9 Å². The fourth-order valence-electron chi connectivity index (χ4n) is 3.58. The number of rotatable bonds is 3. The molecule has 1 aromatic carbocycles. The lowest BCUT2D eigenvalue weighted by atomic mass is 9.87. The molecular formula is C15H19N3O3S. The van der Waals surface area contributed by atoms with Crippen molar-refractivity contribution in [1.82, 2.24) is 14.8 Å². The molecule has 0 amide bonds. The zero-order valence-corrected chi connectivity index (χ0v) is 13.1. The molecule has 3 heterocycles. The van der Waals surface area contributed by atoms with Crippen LogP contribution < -0.4 is 5.32 Å². The molecule has 0 radical (unpaired) electrons. The summed E-state index contributed by atoms with van der Waals surface area (Å²) >= 11 is 0. The van der Waals surface area contributed by atoms with Gasteiger partial charge < -0.3 is 9.84 Å². The molecule has 0 aliphatic carbocycles. The van der Waals surface area contributed by atoms with Crippen molar-refractivity contribution >= 4 is 21.0 Å². The first kappa shape index (κ1) is 14.2. The number of nitrogens with one attached hydrogen (secondary N) is 1. The maximum Gasteiger partial charge on any atom is 0.220 e. The Morgan fingerprint density at radius 3 is 3.00 bits per heavy atom. The van der Waals surface area contributed by atoms with Crippen molar-refractivity contribution in [3.8, 4) is 0 Å². The monoisotopic (exact) mass is 321 g/mol. The maximum atomic E-state index is 12.7. The number of hydrogen-bond donors (Lipinski definition) is 1. The molecule has 0 bridgehead atoms. The molecule has 4 rings (SSSR count). The standard InChI is InChI=1S/C15H19N3O3S/c19-22(20,18-8-6-15(11-18)5-7-16-10-15)9-13-12-3-1-2-4-14(12)21-17-13/h1-4,16H,5-11H2. The van der Waals surface area contributed by atoms with Gasteiger partial charge in [-0.2, -0.15) is 0 Å². The Bertz CT molecular complexity index is 793. The van der Waals surface area contributed by atoms with Crippen LogP contribution in [-0.4, -0.2) is 44.1 Å². The summed E-state index contributed by atoms with van der Waals surface area (Å²) in [5, 5.41) is 8.08. The second-order valence-electron chi connectivity index (χ2n) is 6.39. The summed E-state index contributed by atoms with van der Waals surface area (Å²) in [7, 11) is -3.35. The van der Waals surface area contributed by atoms with Gasteiger partial charge in [0.05, 0.1) is 0 Å². The molecule has 1 N–H and O–H groups in total. The molecule has 1 spiro atoms. The van der Waals surface area contributed by atoms with Gasteiger partial charge in [0.1, 0.15) is 11.4 Å². The van der Waals surface area contributed by atoms with Gasteiger partial charge in [-0.3, -0.25) is 0 Å². The van der Waals surface area contributed by atoms with E-state index in [1.54, 1.807) is 10.4 Å². The molecule has 2 aliphatic heterocycles. The minimum absolute atomic E-state index is 0.0898. The highest BCUT2D eigenvalue weighted by molar-refractivity contribution is 7.88. The minimum Gasteiger partial charge on any atom is -0.356 e. The lowest BCUT2D eigenvalue weighted by molar-refractivity contribution is 0.337. The van der Waals surface area contributed by atoms with E-state index in [-0.39, 0.29) is 11.2 Å². The number of para-hydroxylation sites is 1. The van der Waals surface area contributed by atoms with E-state index in [2.05, 4.69) is 10.5 Å². The summed E-state index contributed by atoms with van der Waals surface area (Å²) < 4.78 is 32.3. The number of fused-ring (bicyclic) bond motifs is 1. The number of benzene rings is 1. The van der Waals surface area contributed by atoms with Crippen molar-refractivity contribution in [2.45, 2.75) is 18.6 Å². The van der Waals surface area contributed by atoms with Gasteiger partial charge in [-0.1, -0.05) is 17.3 Å². The topological polar surface area (TPSA) is 75.4 Å². The lowest BCUT2D eigenvalue weighted by Gasteiger charge is -2.22. The van der Waals surface area contributed by atoms with Crippen LogP contribution in [0.3, 0.4) is 0 Å². The average Bonchev–Trinajstić information content (AvgIpc) is 3.22. The first-order chi connectivity index (χ1) is 10.6. The van der Waals surface area contributed by atoms with E-state index < -0.39 is 10.0 Å². The molecule has 2 saturated heterocycles. The molecule has 1 atom stereocenters. The first-order valence-electron chi connectivity index (χ1n) is 7.60. The predicted molar refractivity (Wildman–Crippen MR) is 82.7 cm³/mol. The second kappa shape index (κ2) is 5.04. The fraction of sp³-hybridized carbons (Fsp3) is 0.533. The normalized spacial score (nSPS) is 26.4. The van der Waals surface area contributed by atoms with Gasteiger partial charge in [-0.15, -0.1) is 0 Å². The number of hydrogen-bond acceptors (Lipinski definition) is 5. The molecule has 7 heteroatoms. The van der Waals surface area contributed by atoms with E-state index in [0.29, 0.717) is 24.4 Å². The van der Waals surface area contributed by atoms with Crippen LogP contribution in [0.25, 0.3) is 11.0 Å². The van der Waals surface area contributed by atoms with Crippen LogP contribution in [0.4, 0.5) is 0 Å². The van der Waals surface area contributed by atoms with Crippen molar-refractivity contribution in [1.29, 1.82) is 0 Å². The third-order valence-corrected chi connectivity index (χ3v) is 6.64. The second-order valence-corrected chi connectivity index (χ2v) is 8.36. The quantitative estimate of drug-likeness (QED) is 0.923. The molecule has 22 heavy (non-hydrogen) atoms. The highest BCUT2D eigenvalue weighted by Gasteiger charge is 2.44. The van der Waals surface area contributed by atoms with E-state index >= 15 is 0 Å². The Kier molecular flexibility index (Phi) is 3.25. The third-order valence-electron chi connectivity index (χ3n) is 4.90. The summed E-state index contributed by atoms with van der Waals surface area (Å²) in [6.45, 7) is 3.14. The van der Waals surface area contributed by atoms with E-state index in [4.69, 9.17) is 4.52 Å². The fourth-order valence-corrected chi connectivity index (χ4v) is 5.16. The Morgan fingerprint density at radius 2 is 2.18 bits per heavy atom. The van der Waals surface area contributed by atoms with E-state index in [1.807, 2.05) is 18.2 Å². The van der Waals surface area contributed by atoms with Crippen LogP contribution >= 0.6 is 0 Å². The summed E-state index contributed by atoms with van der Waals surface area (Å²) in [4.78, 5) is 0. The van der Waals surface area contributed by atoms with Gasteiger partial charge in [0.15, 0.2) is 5.58 Å². The van der Waals surface area contributed by atoms with Crippen LogP contribution in [0.1, 0.15) is 18.5 Å². The minimum atomic E-state index is -3.35. The van der Waals surface area contributed by atoms with Crippen molar-refractivity contribution in [2.75, 3.05) is 26.2 Å². The SMILES string of the molecule is O=S(=O)(Cc1noc2ccccc12)N1CCC2(CCNC2)C1. The van der Waals surface area contributed by atoms with E-state index in [0.717, 1.165) is 31.3 Å². The molecule has 1 unspecified atom stereocenters. The van der Waals surface area contributed by atoms with Crippen molar-refractivity contribution in [3.63, 3.8) is 0 Å². The molecule has 1 aromatic heterocycles. The Hall–Kier alpha value is -1.44. The molecule has 2 fully saturated rings. The highest BCUT2D eigenvalue weighted by atomic mass is 32.2. The van der Waals surface area contributed by atoms with E-state index in [1.165, 1.54) is 0 Å². The van der Waals surface area contributed by atoms with Crippen LogP contribution in [0, 0.1) is 5.41 Å². The third kappa shape index (κ3) is 2.33. The molecule has 2 aromatic rings. The lowest BCUT2D eigenvalue weighted by Crippen LogP contribution is -2.34. The van der Waals surface area contributed by atoms with Gasteiger partial charge in [0.25, 0.3) is 0 Å². The summed E-state index contributed by atoms with van der Waals surface area (Å²) in [6.07, 6.45) is 2.00. The summed E-state index contributed by atoms with van der Waals surface area (Å²) in [6, 6.07) is 7.37. The smallest absolute Gasteiger partial charge is 0.220 e. The number of nitrogens with zero attached hydrogens (tertiary/aromatic N) is 2. The molecule has 2 aliphatic rings. The Balaban J connectivity index is 1.57. The molecule has 6 nitrogen and oxygen atoms in total. The average molecular weight is 321 g/mol. The largest absolute Gasteiger partial charge is 0.356 e. The molecule has 0 saturated carbocycles. The van der Waals surface area contributed by atoms with Gasteiger partial charge in [0.2, 0.25) is 10.0 Å². The van der Waals surface area contributed by atoms with Crippen LogP contribution in [0.5, 0.6) is 0 Å². The molecule has 118 valence electrons. The molecular weight excluding hydrogens is 302 g/mol. The Labute approximate surface area is 129 Å². The summed E-state index contributed by atoms with van der Waals surface area (Å²) in [5.41, 5.74) is 1.27. The summed E-state index contributed by atoms with van der Waals surface area (Å²) in [5.74, 6) is -0.0898. The predicted octanol–water partition coefficient (Wildman–Crippen LogP) is 1.34. The number of aromatic nitrogens is 1. The van der Waals surface area contributed by atoms with Crippen molar-refractivity contribution in [3.05, 3.63) is 30.0 Å². The van der Waals surface area contributed by atoms with Gasteiger partial charge in [-0.25, -0.2) is 12.7 Å². The zero-order valence-electron chi connectivity index (χ0n) is 12.3. The van der Waals surface area contributed by atoms with Crippen LogP contribution in [0.2, 0.25) is 0 Å². The first-order valence-corrected chi connectivity index (χ1v) is 9.21. The van der Waals surface area contributed by atoms with Gasteiger partial charge in [-0.05, 0) is 36.9 Å². The van der Waals surface area contributed by atoms with Gasteiger partial charge >= 0.3 is 0 Å². The zero-order chi connectivity index (χ0) is 15.2. The van der Waals surface area contributed by atoms with Crippen LogP contribution in [0.15, 0.2) is 28.8 Å². The van der Waals surface area contributed by atoms with Crippen molar-refractivity contribution in [2.24, 2.45) is 5.41 Å². The maximum absolute atomic E-state index is 12.7. The van der Waals surface area contributed by atoms with Gasteiger partial charge in [0, 0.05) is 25.0 Å². The number of sulfonamides is 1. The van der Waals surface area contributed by atoms with Crippen LogP contribution in [-0.2, 0) is 15.8 Å².